The molecule has 3 aromatic rings. The number of rotatable bonds is 3. The number of imide groups is 1. The predicted octanol–water partition coefficient (Wildman–Crippen LogP) is 3.22. The van der Waals surface area contributed by atoms with Gasteiger partial charge in [-0.25, -0.2) is 4.79 Å². The molecule has 0 bridgehead atoms. The van der Waals surface area contributed by atoms with Gasteiger partial charge < -0.3 is 9.40 Å². The molecule has 0 saturated carbocycles. The summed E-state index contributed by atoms with van der Waals surface area (Å²) >= 11 is 1.42. The van der Waals surface area contributed by atoms with Crippen LogP contribution < -0.4 is 0 Å². The topological polar surface area (TPSA) is 68.6 Å². The van der Waals surface area contributed by atoms with E-state index in [9.17, 15) is 14.4 Å². The number of nitrogens with zero attached hydrogens (tertiary/aromatic N) is 2. The monoisotopic (exact) mass is 352 g/mol. The Hall–Kier alpha value is -3.19. The minimum Gasteiger partial charge on any atom is -0.324 e. The van der Waals surface area contributed by atoms with Crippen LogP contribution in [0.1, 0.15) is 36.0 Å². The molecule has 6 nitrogen and oxygen atoms in total. The fourth-order valence-electron chi connectivity index (χ4n) is 2.69. The van der Waals surface area contributed by atoms with Crippen LogP contribution in [-0.2, 0) is 4.84 Å². The smallest absolute Gasteiger partial charge is 0.324 e. The van der Waals surface area contributed by atoms with E-state index >= 15 is 0 Å². The summed E-state index contributed by atoms with van der Waals surface area (Å²) in [6.07, 6.45) is 3.62. The standard InChI is InChI=1S/C18H12N2O4S/c1-11-10-14(17(25-11)19-8-4-5-9-19)18(23)24-20-15(21)12-6-2-3-7-13(12)16(20)22/h2-10H,1H3. The predicted molar refractivity (Wildman–Crippen MR) is 90.7 cm³/mol. The van der Waals surface area contributed by atoms with E-state index in [1.54, 1.807) is 22.8 Å². The minimum atomic E-state index is -0.748. The van der Waals surface area contributed by atoms with Crippen LogP contribution in [0.25, 0.3) is 5.00 Å². The highest BCUT2D eigenvalue weighted by Crippen LogP contribution is 2.29. The lowest BCUT2D eigenvalue weighted by atomic mass is 10.1. The largest absolute Gasteiger partial charge is 0.366 e. The highest BCUT2D eigenvalue weighted by atomic mass is 32.1. The molecule has 1 aliphatic heterocycles. The van der Waals surface area contributed by atoms with Gasteiger partial charge in [0.2, 0.25) is 0 Å². The highest BCUT2D eigenvalue weighted by molar-refractivity contribution is 7.14. The normalized spacial score (nSPS) is 13.2. The Morgan fingerprint density at radius 1 is 1.00 bits per heavy atom. The molecule has 0 unspecified atom stereocenters. The van der Waals surface area contributed by atoms with Crippen LogP contribution in [0.3, 0.4) is 0 Å². The lowest BCUT2D eigenvalue weighted by molar-refractivity contribution is -0.0584. The highest BCUT2D eigenvalue weighted by Gasteiger charge is 2.39. The zero-order valence-electron chi connectivity index (χ0n) is 13.1. The summed E-state index contributed by atoms with van der Waals surface area (Å²) in [6, 6.07) is 11.7. The summed E-state index contributed by atoms with van der Waals surface area (Å²) in [5.74, 6) is -2.02. The molecule has 0 radical (unpaired) electrons. The number of fused-ring (bicyclic) bond motifs is 1. The molecule has 4 rings (SSSR count). The van der Waals surface area contributed by atoms with Crippen LogP contribution in [0, 0.1) is 6.92 Å². The van der Waals surface area contributed by atoms with Gasteiger partial charge >= 0.3 is 5.97 Å². The molecular weight excluding hydrogens is 340 g/mol. The van der Waals surface area contributed by atoms with Gasteiger partial charge in [0.25, 0.3) is 11.8 Å². The van der Waals surface area contributed by atoms with Crippen molar-refractivity contribution in [2.24, 2.45) is 0 Å². The van der Waals surface area contributed by atoms with Gasteiger partial charge in [-0.05, 0) is 37.3 Å². The van der Waals surface area contributed by atoms with Crippen LogP contribution in [-0.4, -0.2) is 27.4 Å². The summed E-state index contributed by atoms with van der Waals surface area (Å²) in [7, 11) is 0. The first-order valence-electron chi connectivity index (χ1n) is 7.50. The Labute approximate surface area is 146 Å². The van der Waals surface area contributed by atoms with Crippen LogP contribution in [0.5, 0.6) is 0 Å². The van der Waals surface area contributed by atoms with Crippen molar-refractivity contribution < 1.29 is 19.2 Å². The molecule has 2 amide bonds. The summed E-state index contributed by atoms with van der Waals surface area (Å²) in [5.41, 5.74) is 0.759. The van der Waals surface area contributed by atoms with Gasteiger partial charge in [-0.2, -0.15) is 0 Å². The molecule has 0 fully saturated rings. The Morgan fingerprint density at radius 2 is 1.60 bits per heavy atom. The second-order valence-electron chi connectivity index (χ2n) is 5.50. The van der Waals surface area contributed by atoms with E-state index in [-0.39, 0.29) is 11.1 Å². The number of carbonyl (C=O) groups excluding carboxylic acids is 3. The van der Waals surface area contributed by atoms with Gasteiger partial charge in [0, 0.05) is 17.3 Å². The summed E-state index contributed by atoms with van der Waals surface area (Å²) in [5, 5.41) is 1.20. The second kappa shape index (κ2) is 5.71. The van der Waals surface area contributed by atoms with Gasteiger partial charge in [-0.15, -0.1) is 11.3 Å². The van der Waals surface area contributed by atoms with Crippen molar-refractivity contribution in [1.82, 2.24) is 9.63 Å². The van der Waals surface area contributed by atoms with Crippen molar-refractivity contribution >= 4 is 29.1 Å². The first kappa shape index (κ1) is 15.3. The molecule has 1 aliphatic rings. The van der Waals surface area contributed by atoms with Gasteiger partial charge in [0.15, 0.2) is 0 Å². The Balaban J connectivity index is 1.64. The molecule has 2 aromatic heterocycles. The summed E-state index contributed by atoms with van der Waals surface area (Å²) < 4.78 is 1.79. The van der Waals surface area contributed by atoms with Crippen LogP contribution in [0.2, 0.25) is 0 Å². The summed E-state index contributed by atoms with van der Waals surface area (Å²) in [4.78, 5) is 43.3. The van der Waals surface area contributed by atoms with E-state index < -0.39 is 17.8 Å². The molecule has 1 aromatic carbocycles. The Kier molecular flexibility index (Phi) is 3.51. The molecule has 0 spiro atoms. The van der Waals surface area contributed by atoms with Crippen molar-refractivity contribution in [3.8, 4) is 5.00 Å². The zero-order valence-corrected chi connectivity index (χ0v) is 13.9. The van der Waals surface area contributed by atoms with Gasteiger partial charge in [-0.1, -0.05) is 17.2 Å². The second-order valence-corrected chi connectivity index (χ2v) is 6.73. The fourth-order valence-corrected chi connectivity index (χ4v) is 3.65. The number of benzene rings is 1. The molecule has 25 heavy (non-hydrogen) atoms. The third-order valence-corrected chi connectivity index (χ3v) is 4.89. The Morgan fingerprint density at radius 3 is 2.20 bits per heavy atom. The van der Waals surface area contributed by atoms with E-state index in [0.717, 1.165) is 4.88 Å². The Bertz CT molecular complexity index is 969. The molecule has 7 heteroatoms. The molecule has 124 valence electrons. The third-order valence-electron chi connectivity index (χ3n) is 3.83. The molecular formula is C18H12N2O4S. The first-order chi connectivity index (χ1) is 12.1. The fraction of sp³-hybridized carbons (Fsp3) is 0.0556. The molecule has 0 saturated heterocycles. The number of amides is 2. The number of aryl methyl sites for hydroxylation is 1. The maximum Gasteiger partial charge on any atom is 0.366 e. The number of hydrogen-bond acceptors (Lipinski definition) is 5. The average Bonchev–Trinajstić information content (AvgIpc) is 3.31. The first-order valence-corrected chi connectivity index (χ1v) is 8.32. The van der Waals surface area contributed by atoms with Crippen molar-refractivity contribution in [2.45, 2.75) is 6.92 Å². The lowest BCUT2D eigenvalue weighted by Gasteiger charge is -2.13. The average molecular weight is 352 g/mol. The van der Waals surface area contributed by atoms with Crippen LogP contribution >= 0.6 is 11.3 Å². The van der Waals surface area contributed by atoms with Crippen molar-refractivity contribution in [3.63, 3.8) is 0 Å². The molecule has 0 atom stereocenters. The molecule has 3 heterocycles. The van der Waals surface area contributed by atoms with E-state index in [4.69, 9.17) is 4.84 Å². The minimum absolute atomic E-state index is 0.229. The van der Waals surface area contributed by atoms with Crippen molar-refractivity contribution in [1.29, 1.82) is 0 Å². The maximum absolute atomic E-state index is 12.6. The number of carbonyl (C=O) groups is 3. The SMILES string of the molecule is Cc1cc(C(=O)ON2C(=O)c3ccccc3C2=O)c(-n2cccc2)s1. The van der Waals surface area contributed by atoms with Gasteiger partial charge in [0.05, 0.1) is 16.7 Å². The number of thiophene rings is 1. The van der Waals surface area contributed by atoms with E-state index in [0.29, 0.717) is 15.6 Å². The quantitative estimate of drug-likeness (QED) is 0.679. The third kappa shape index (κ3) is 2.45. The van der Waals surface area contributed by atoms with E-state index in [2.05, 4.69) is 0 Å². The lowest BCUT2D eigenvalue weighted by Crippen LogP contribution is -2.32. The number of hydroxylamine groups is 2. The van der Waals surface area contributed by atoms with Crippen molar-refractivity contribution in [3.05, 3.63) is 76.4 Å². The number of aromatic nitrogens is 1. The zero-order chi connectivity index (χ0) is 17.6. The van der Waals surface area contributed by atoms with E-state index in [1.807, 2.05) is 31.5 Å². The molecule has 0 N–H and O–H groups in total. The van der Waals surface area contributed by atoms with Crippen LogP contribution in [0.4, 0.5) is 0 Å². The van der Waals surface area contributed by atoms with E-state index in [1.165, 1.54) is 23.5 Å². The number of hydrogen-bond donors (Lipinski definition) is 0. The summed E-state index contributed by atoms with van der Waals surface area (Å²) in [6.45, 7) is 1.87. The van der Waals surface area contributed by atoms with Gasteiger partial charge in [-0.3, -0.25) is 9.59 Å². The van der Waals surface area contributed by atoms with Crippen LogP contribution in [0.15, 0.2) is 54.9 Å². The van der Waals surface area contributed by atoms with Crippen molar-refractivity contribution in [2.75, 3.05) is 0 Å². The maximum atomic E-state index is 12.6. The van der Waals surface area contributed by atoms with Gasteiger partial charge in [0.1, 0.15) is 5.00 Å². The molecule has 0 aliphatic carbocycles.